The normalized spacial score (nSPS) is 6.00. The number of rotatable bonds is 0. The molecule has 0 spiro atoms. The Morgan fingerprint density at radius 2 is 1.57 bits per heavy atom. The van der Waals surface area contributed by atoms with Crippen molar-refractivity contribution >= 4 is 19.8 Å². The van der Waals surface area contributed by atoms with Crippen molar-refractivity contribution in [3.8, 4) is 0 Å². The molecule has 0 radical (unpaired) electrons. The Morgan fingerprint density at radius 3 is 1.57 bits per heavy atom. The van der Waals surface area contributed by atoms with Crippen LogP contribution in [-0.2, 0) is 14.8 Å². The van der Waals surface area contributed by atoms with E-state index in [0.717, 1.165) is 0 Å². The van der Waals surface area contributed by atoms with E-state index in [9.17, 15) is 13.2 Å². The van der Waals surface area contributed by atoms with Gasteiger partial charge in [-0.2, -0.15) is 0 Å². The number of hydrogen-bond donors (Lipinski definition) is 0. The molecule has 0 nitrogen and oxygen atoms in total. The van der Waals surface area contributed by atoms with E-state index in [2.05, 4.69) is 19.8 Å². The molecule has 0 saturated heterocycles. The molecule has 0 aromatic carbocycles. The maximum atomic E-state index is 10.2. The molecule has 38 valence electrons. The monoisotopic (exact) mass is 272 g/mol. The zero-order chi connectivity index (χ0) is 6.28. The standard InChI is InChI=1S/C2F3.HI.Zn/c3-1-2(4)5;;/h;1H;/q-1;;+2/p-1. The predicted octanol–water partition coefficient (Wildman–Crippen LogP) is 2.38. The van der Waals surface area contributed by atoms with Crippen LogP contribution >= 0.6 is 19.8 Å². The molecule has 0 atom stereocenters. The van der Waals surface area contributed by atoms with E-state index in [1.165, 1.54) is 14.8 Å². The van der Waals surface area contributed by atoms with E-state index in [1.807, 2.05) is 0 Å². The van der Waals surface area contributed by atoms with Gasteiger partial charge in [0.25, 0.3) is 0 Å². The van der Waals surface area contributed by atoms with E-state index in [0.29, 0.717) is 0 Å². The van der Waals surface area contributed by atoms with Crippen molar-refractivity contribution in [2.45, 2.75) is 0 Å². The third-order valence-corrected chi connectivity index (χ3v) is 0.0714. The van der Waals surface area contributed by atoms with Crippen LogP contribution in [-0.4, -0.2) is 0 Å². The summed E-state index contributed by atoms with van der Waals surface area (Å²) in [4.78, 5) is 0. The zero-order valence-electron chi connectivity index (χ0n) is 3.22. The van der Waals surface area contributed by atoms with Crippen LogP contribution in [0.2, 0.25) is 0 Å². The number of hydrogen-bond acceptors (Lipinski definition) is 0. The molecule has 5 heteroatoms. The topological polar surface area (TPSA) is 0 Å². The maximum absolute atomic E-state index is 10.2. The van der Waals surface area contributed by atoms with Crippen LogP contribution < -0.4 is 0 Å². The molecule has 0 fully saturated rings. The van der Waals surface area contributed by atoms with Gasteiger partial charge < -0.3 is 4.39 Å². The van der Waals surface area contributed by atoms with Crippen LogP contribution in [0.3, 0.4) is 0 Å². The Kier molecular flexibility index (Phi) is 15.4. The van der Waals surface area contributed by atoms with Gasteiger partial charge in [-0.25, -0.2) is 15.1 Å². The molecule has 7 heavy (non-hydrogen) atoms. The van der Waals surface area contributed by atoms with Gasteiger partial charge in [-0.1, -0.05) is 0 Å². The average Bonchev–Trinajstić information content (AvgIpc) is 1.73. The summed E-state index contributed by atoms with van der Waals surface area (Å²) in [6.45, 7) is 0. The third kappa shape index (κ3) is 19.7. The summed E-state index contributed by atoms with van der Waals surface area (Å²) in [7, 11) is 0. The molecule has 0 amide bonds. The van der Waals surface area contributed by atoms with Crippen molar-refractivity contribution in [3.63, 3.8) is 0 Å². The van der Waals surface area contributed by atoms with Crippen molar-refractivity contribution in [1.82, 2.24) is 0 Å². The Balaban J connectivity index is 0. The van der Waals surface area contributed by atoms with Crippen LogP contribution in [0.25, 0.3) is 0 Å². The first-order chi connectivity index (χ1) is 3.27. The quantitative estimate of drug-likeness (QED) is 0.361. The van der Waals surface area contributed by atoms with Gasteiger partial charge >= 0.3 is 34.5 Å². The second-order valence-electron chi connectivity index (χ2n) is 0.355. The van der Waals surface area contributed by atoms with E-state index >= 15 is 0 Å². The van der Waals surface area contributed by atoms with Crippen LogP contribution in [0, 0.1) is 6.33 Å². The van der Waals surface area contributed by atoms with E-state index in [4.69, 9.17) is 0 Å². The van der Waals surface area contributed by atoms with Gasteiger partial charge in [-0.3, -0.25) is 0 Å². The summed E-state index contributed by atoms with van der Waals surface area (Å²) >= 11 is 3.62. The van der Waals surface area contributed by atoms with Crippen molar-refractivity contribution in [3.05, 3.63) is 12.4 Å². The van der Waals surface area contributed by atoms with Crippen molar-refractivity contribution < 1.29 is 28.0 Å². The molecule has 0 N–H and O–H groups in total. The summed E-state index contributed by atoms with van der Waals surface area (Å²) < 4.78 is 30.5. The van der Waals surface area contributed by atoms with Crippen LogP contribution in [0.1, 0.15) is 0 Å². The molecule has 0 rings (SSSR count). The van der Waals surface area contributed by atoms with Crippen molar-refractivity contribution in [2.24, 2.45) is 0 Å². The van der Waals surface area contributed by atoms with Gasteiger partial charge in [-0.15, -0.1) is 0 Å². The zero-order valence-corrected chi connectivity index (χ0v) is 8.34. The first-order valence-corrected chi connectivity index (χ1v) is 10.1. The molecule has 0 unspecified atom stereocenters. The van der Waals surface area contributed by atoms with Crippen LogP contribution in [0.4, 0.5) is 13.2 Å². The van der Waals surface area contributed by atoms with Gasteiger partial charge in [-0.05, 0) is 0 Å². The first kappa shape index (κ1) is 10.8. The summed E-state index contributed by atoms with van der Waals surface area (Å²) in [6.07, 6.45) is -2.30. The Morgan fingerprint density at radius 1 is 1.43 bits per heavy atom. The molecule has 0 aliphatic rings. The minimum atomic E-state index is -2.41. The molecular weight excluding hydrogens is 273 g/mol. The fourth-order valence-corrected chi connectivity index (χ4v) is 0. The fourth-order valence-electron chi connectivity index (χ4n) is 0. The Labute approximate surface area is 60.0 Å². The predicted molar refractivity (Wildman–Crippen MR) is 24.1 cm³/mol. The van der Waals surface area contributed by atoms with Gasteiger partial charge in [0.05, 0.1) is 0 Å². The summed E-state index contributed by atoms with van der Waals surface area (Å²) in [5.41, 5.74) is 0. The molecule has 0 aliphatic heterocycles. The third-order valence-electron chi connectivity index (χ3n) is 0.0714. The molecule has 0 bridgehead atoms. The van der Waals surface area contributed by atoms with E-state index in [1.54, 1.807) is 0 Å². The van der Waals surface area contributed by atoms with E-state index < -0.39 is 6.08 Å². The number of halogens is 4. The average molecular weight is 273 g/mol. The molecule has 0 aromatic heterocycles. The first-order valence-electron chi connectivity index (χ1n) is 1.08. The van der Waals surface area contributed by atoms with E-state index in [-0.39, 0.29) is 6.33 Å². The Hall–Kier alpha value is 0.883. The summed E-state index contributed by atoms with van der Waals surface area (Å²) in [5.74, 6) is 0. The van der Waals surface area contributed by atoms with Gasteiger partial charge in [0.15, 0.2) is 0 Å². The molecule has 0 aliphatic carbocycles. The second kappa shape index (κ2) is 9.99. The van der Waals surface area contributed by atoms with Gasteiger partial charge in [0.1, 0.15) is 6.08 Å². The van der Waals surface area contributed by atoms with Gasteiger partial charge in [0, 0.05) is 0 Å². The second-order valence-corrected chi connectivity index (χ2v) is 0.355. The SMILES string of the molecule is F[C-]=C(F)F.[Zn+][I]. The van der Waals surface area contributed by atoms with Crippen LogP contribution in [0.5, 0.6) is 0 Å². The summed E-state index contributed by atoms with van der Waals surface area (Å²) in [6, 6.07) is 0. The van der Waals surface area contributed by atoms with Crippen LogP contribution in [0.15, 0.2) is 6.08 Å². The molecular formula is C2F3IZn. The van der Waals surface area contributed by atoms with Gasteiger partial charge in [0.2, 0.25) is 0 Å². The molecule has 0 heterocycles. The molecule has 0 aromatic rings. The Bertz CT molecular complexity index is 50.9. The van der Waals surface area contributed by atoms with Crippen molar-refractivity contribution in [1.29, 1.82) is 0 Å². The fraction of sp³-hybridized carbons (Fsp3) is 0. The molecule has 0 saturated carbocycles. The van der Waals surface area contributed by atoms with Crippen molar-refractivity contribution in [2.75, 3.05) is 0 Å². The minimum absolute atomic E-state index is 0.111. The summed E-state index contributed by atoms with van der Waals surface area (Å²) in [5, 5.41) is 0.